The number of hydrogen-bond acceptors (Lipinski definition) is 3. The zero-order valence-corrected chi connectivity index (χ0v) is 10.9. The summed E-state index contributed by atoms with van der Waals surface area (Å²) < 4.78 is 5.07. The lowest BCUT2D eigenvalue weighted by Gasteiger charge is -2.25. The molecule has 1 amide bonds. The van der Waals surface area contributed by atoms with Crippen LogP contribution in [0.25, 0.3) is 0 Å². The van der Waals surface area contributed by atoms with Gasteiger partial charge in [-0.1, -0.05) is 25.9 Å². The smallest absolute Gasteiger partial charge is 0.227 e. The van der Waals surface area contributed by atoms with E-state index in [1.54, 1.807) is 11.9 Å². The average molecular weight is 224 g/mol. The number of rotatable bonds is 2. The number of aryl methyl sites for hydroxylation is 2. The molecule has 0 unspecified atom stereocenters. The van der Waals surface area contributed by atoms with Gasteiger partial charge in [0.15, 0.2) is 0 Å². The first-order valence-corrected chi connectivity index (χ1v) is 5.41. The van der Waals surface area contributed by atoms with Crippen LogP contribution in [0.1, 0.15) is 37.8 Å². The van der Waals surface area contributed by atoms with Crippen molar-refractivity contribution in [2.45, 2.75) is 41.2 Å². The Morgan fingerprint density at radius 3 is 2.31 bits per heavy atom. The van der Waals surface area contributed by atoms with Crippen LogP contribution in [0, 0.1) is 19.3 Å². The average Bonchev–Trinajstić information content (AvgIpc) is 2.46. The summed E-state index contributed by atoms with van der Waals surface area (Å²) in [6.07, 6.45) is 0. The highest BCUT2D eigenvalue weighted by Crippen LogP contribution is 2.20. The minimum atomic E-state index is -0.353. The largest absolute Gasteiger partial charge is 0.361 e. The Labute approximate surface area is 96.6 Å². The maximum atomic E-state index is 12.0. The van der Waals surface area contributed by atoms with Crippen LogP contribution in [0.15, 0.2) is 4.52 Å². The van der Waals surface area contributed by atoms with Gasteiger partial charge >= 0.3 is 0 Å². The number of nitrogens with zero attached hydrogens (tertiary/aromatic N) is 2. The molecule has 0 fully saturated rings. The van der Waals surface area contributed by atoms with Crippen LogP contribution < -0.4 is 0 Å². The lowest BCUT2D eigenvalue weighted by Crippen LogP contribution is -2.36. The number of amides is 1. The van der Waals surface area contributed by atoms with Crippen LogP contribution >= 0.6 is 0 Å². The van der Waals surface area contributed by atoms with Crippen LogP contribution in [0.2, 0.25) is 0 Å². The van der Waals surface area contributed by atoms with Crippen molar-refractivity contribution in [1.82, 2.24) is 10.1 Å². The maximum absolute atomic E-state index is 12.0. The molecule has 0 atom stereocenters. The highest BCUT2D eigenvalue weighted by Gasteiger charge is 2.26. The molecule has 0 aromatic carbocycles. The van der Waals surface area contributed by atoms with Crippen molar-refractivity contribution in [3.63, 3.8) is 0 Å². The molecule has 4 heteroatoms. The monoisotopic (exact) mass is 224 g/mol. The molecule has 1 aromatic heterocycles. The topological polar surface area (TPSA) is 46.3 Å². The summed E-state index contributed by atoms with van der Waals surface area (Å²) in [6, 6.07) is 0. The lowest BCUT2D eigenvalue weighted by molar-refractivity contribution is -0.138. The van der Waals surface area contributed by atoms with E-state index in [2.05, 4.69) is 5.16 Å². The second-order valence-corrected chi connectivity index (χ2v) is 5.21. The molecule has 0 saturated heterocycles. The molecular formula is C12H20N2O2. The quantitative estimate of drug-likeness (QED) is 0.774. The van der Waals surface area contributed by atoms with Gasteiger partial charge in [-0.3, -0.25) is 4.79 Å². The third-order valence-electron chi connectivity index (χ3n) is 2.56. The highest BCUT2D eigenvalue weighted by molar-refractivity contribution is 5.81. The minimum Gasteiger partial charge on any atom is -0.361 e. The van der Waals surface area contributed by atoms with Crippen LogP contribution in [0.5, 0.6) is 0 Å². The van der Waals surface area contributed by atoms with E-state index < -0.39 is 0 Å². The molecule has 1 heterocycles. The van der Waals surface area contributed by atoms with E-state index in [4.69, 9.17) is 4.52 Å². The SMILES string of the molecule is Cc1noc(C)c1CN(C)C(=O)C(C)(C)C. The Bertz CT molecular complexity index is 369. The van der Waals surface area contributed by atoms with E-state index in [-0.39, 0.29) is 11.3 Å². The van der Waals surface area contributed by atoms with Gasteiger partial charge in [-0.25, -0.2) is 0 Å². The van der Waals surface area contributed by atoms with Gasteiger partial charge in [0.2, 0.25) is 5.91 Å². The zero-order valence-electron chi connectivity index (χ0n) is 10.9. The molecule has 0 aliphatic heterocycles. The molecule has 4 nitrogen and oxygen atoms in total. The van der Waals surface area contributed by atoms with Gasteiger partial charge in [0, 0.05) is 18.0 Å². The van der Waals surface area contributed by atoms with E-state index >= 15 is 0 Å². The summed E-state index contributed by atoms with van der Waals surface area (Å²) in [5.74, 6) is 0.901. The molecule has 1 aromatic rings. The molecule has 0 aliphatic rings. The van der Waals surface area contributed by atoms with Gasteiger partial charge in [-0.05, 0) is 13.8 Å². The fourth-order valence-electron chi connectivity index (χ4n) is 1.61. The van der Waals surface area contributed by atoms with Crippen molar-refractivity contribution in [1.29, 1.82) is 0 Å². The van der Waals surface area contributed by atoms with E-state index in [1.807, 2.05) is 34.6 Å². The molecule has 90 valence electrons. The third kappa shape index (κ3) is 2.62. The molecule has 0 bridgehead atoms. The predicted octanol–water partition coefficient (Wildman–Crippen LogP) is 2.30. The first-order chi connectivity index (χ1) is 7.23. The summed E-state index contributed by atoms with van der Waals surface area (Å²) >= 11 is 0. The summed E-state index contributed by atoms with van der Waals surface area (Å²) in [6.45, 7) is 10.1. The Kier molecular flexibility index (Phi) is 3.41. The first-order valence-electron chi connectivity index (χ1n) is 5.41. The summed E-state index contributed by atoms with van der Waals surface area (Å²) in [7, 11) is 1.81. The van der Waals surface area contributed by atoms with E-state index in [1.165, 1.54) is 0 Å². The molecule has 16 heavy (non-hydrogen) atoms. The fraction of sp³-hybridized carbons (Fsp3) is 0.667. The van der Waals surface area contributed by atoms with Crippen molar-refractivity contribution in [2.24, 2.45) is 5.41 Å². The van der Waals surface area contributed by atoms with E-state index in [0.717, 1.165) is 17.0 Å². The van der Waals surface area contributed by atoms with Gasteiger partial charge < -0.3 is 9.42 Å². The zero-order chi connectivity index (χ0) is 12.5. The predicted molar refractivity (Wildman–Crippen MR) is 61.9 cm³/mol. The molecule has 0 aliphatic carbocycles. The lowest BCUT2D eigenvalue weighted by atomic mass is 9.94. The Morgan fingerprint density at radius 2 is 1.94 bits per heavy atom. The van der Waals surface area contributed by atoms with E-state index in [0.29, 0.717) is 6.54 Å². The Balaban J connectivity index is 2.80. The van der Waals surface area contributed by atoms with Gasteiger partial charge in [0.05, 0.1) is 12.2 Å². The van der Waals surface area contributed by atoms with Crippen molar-refractivity contribution in [2.75, 3.05) is 7.05 Å². The number of carbonyl (C=O) groups is 1. The highest BCUT2D eigenvalue weighted by atomic mass is 16.5. The van der Waals surface area contributed by atoms with Gasteiger partial charge in [-0.2, -0.15) is 0 Å². The van der Waals surface area contributed by atoms with Crippen LogP contribution in [-0.2, 0) is 11.3 Å². The normalized spacial score (nSPS) is 11.6. The molecule has 0 radical (unpaired) electrons. The van der Waals surface area contributed by atoms with Crippen molar-refractivity contribution in [3.05, 3.63) is 17.0 Å². The van der Waals surface area contributed by atoms with Crippen molar-refractivity contribution < 1.29 is 9.32 Å². The molecule has 1 rings (SSSR count). The summed E-state index contributed by atoms with van der Waals surface area (Å²) in [4.78, 5) is 13.7. The van der Waals surface area contributed by atoms with Gasteiger partial charge in [0.1, 0.15) is 5.76 Å². The molecule has 0 spiro atoms. The maximum Gasteiger partial charge on any atom is 0.227 e. The minimum absolute atomic E-state index is 0.118. The second-order valence-electron chi connectivity index (χ2n) is 5.21. The Hall–Kier alpha value is -1.32. The molecular weight excluding hydrogens is 204 g/mol. The fourth-order valence-corrected chi connectivity index (χ4v) is 1.61. The van der Waals surface area contributed by atoms with Crippen molar-refractivity contribution >= 4 is 5.91 Å². The van der Waals surface area contributed by atoms with Crippen LogP contribution in [0.4, 0.5) is 0 Å². The third-order valence-corrected chi connectivity index (χ3v) is 2.56. The molecule has 0 N–H and O–H groups in total. The van der Waals surface area contributed by atoms with Crippen molar-refractivity contribution in [3.8, 4) is 0 Å². The van der Waals surface area contributed by atoms with Crippen LogP contribution in [0.3, 0.4) is 0 Å². The standard InChI is InChI=1S/C12H20N2O2/c1-8-10(9(2)16-13-8)7-14(6)11(15)12(3,4)5/h7H2,1-6H3. The second kappa shape index (κ2) is 4.28. The number of aromatic nitrogens is 1. The van der Waals surface area contributed by atoms with Gasteiger partial charge in [0.25, 0.3) is 0 Å². The van der Waals surface area contributed by atoms with Gasteiger partial charge in [-0.15, -0.1) is 0 Å². The summed E-state index contributed by atoms with van der Waals surface area (Å²) in [5, 5.41) is 3.88. The Morgan fingerprint density at radius 1 is 1.38 bits per heavy atom. The summed E-state index contributed by atoms with van der Waals surface area (Å²) in [5.41, 5.74) is 1.50. The van der Waals surface area contributed by atoms with Crippen LogP contribution in [-0.4, -0.2) is 23.0 Å². The number of hydrogen-bond donors (Lipinski definition) is 0. The first kappa shape index (κ1) is 12.7. The van der Waals surface area contributed by atoms with E-state index in [9.17, 15) is 4.79 Å². The molecule has 0 saturated carbocycles. The number of carbonyl (C=O) groups excluding carboxylic acids is 1.